The maximum Gasteiger partial charge on any atom is 0.337 e. The fourth-order valence-electron chi connectivity index (χ4n) is 2.76. The molecule has 120 valence electrons. The van der Waals surface area contributed by atoms with Gasteiger partial charge in [0, 0.05) is 18.1 Å². The molecule has 0 unspecified atom stereocenters. The molecule has 0 saturated carbocycles. The van der Waals surface area contributed by atoms with E-state index < -0.39 is 5.91 Å². The normalized spacial score (nSPS) is 13.9. The predicted octanol–water partition coefficient (Wildman–Crippen LogP) is 2.77. The first kappa shape index (κ1) is 15.7. The third-order valence-corrected chi connectivity index (χ3v) is 4.00. The lowest BCUT2D eigenvalue weighted by Crippen LogP contribution is -2.19. The molecule has 0 bridgehead atoms. The highest BCUT2D eigenvalue weighted by Crippen LogP contribution is 2.20. The Morgan fingerprint density at radius 2 is 2.00 bits per heavy atom. The van der Waals surface area contributed by atoms with Gasteiger partial charge in [0.15, 0.2) is 0 Å². The monoisotopic (exact) mass is 319 g/mol. The zero-order valence-electron chi connectivity index (χ0n) is 13.1. The fourth-order valence-corrected chi connectivity index (χ4v) is 2.76. The maximum atomic E-state index is 11.3. The van der Waals surface area contributed by atoms with Gasteiger partial charge in [0.25, 0.3) is 0 Å². The van der Waals surface area contributed by atoms with Crippen LogP contribution in [0.4, 0.5) is 0 Å². The van der Waals surface area contributed by atoms with Crippen LogP contribution in [0, 0.1) is 0 Å². The summed E-state index contributed by atoms with van der Waals surface area (Å²) in [5, 5.41) is 2.37. The highest BCUT2D eigenvalue weighted by Gasteiger charge is 2.22. The summed E-state index contributed by atoms with van der Waals surface area (Å²) in [6, 6.07) is 14.3. The Balaban J connectivity index is 1.74. The molecule has 3 rings (SSSR count). The molecule has 1 aliphatic rings. The maximum absolute atomic E-state index is 11.3. The van der Waals surface area contributed by atoms with Crippen LogP contribution in [0.3, 0.4) is 0 Å². The van der Waals surface area contributed by atoms with Crippen molar-refractivity contribution in [3.63, 3.8) is 0 Å². The van der Waals surface area contributed by atoms with Crippen LogP contribution in [0.15, 0.2) is 65.9 Å². The minimum absolute atomic E-state index is 0.314. The van der Waals surface area contributed by atoms with Crippen LogP contribution in [-0.2, 0) is 16.0 Å². The lowest BCUT2D eigenvalue weighted by atomic mass is 10.0. The minimum atomic E-state index is -0.526. The third kappa shape index (κ3) is 3.26. The summed E-state index contributed by atoms with van der Waals surface area (Å²) >= 11 is 0. The number of hydrogen-bond acceptors (Lipinski definition) is 2. The molecule has 0 atom stereocenters. The number of amides is 1. The van der Waals surface area contributed by atoms with E-state index in [0.717, 1.165) is 0 Å². The Morgan fingerprint density at radius 1 is 1.21 bits per heavy atom. The van der Waals surface area contributed by atoms with E-state index in [0.29, 0.717) is 36.5 Å². The lowest BCUT2D eigenvalue weighted by molar-refractivity contribution is -0.114. The fraction of sp³-hybridized carbons (Fsp3) is 0.158. The first-order valence-corrected chi connectivity index (χ1v) is 7.71. The van der Waals surface area contributed by atoms with E-state index in [-0.39, 0.29) is 0 Å². The van der Waals surface area contributed by atoms with Crippen molar-refractivity contribution in [3.05, 3.63) is 77.0 Å². The Kier molecular flexibility index (Phi) is 4.54. The van der Waals surface area contributed by atoms with E-state index in [2.05, 4.69) is 29.1 Å². The zero-order chi connectivity index (χ0) is 16.9. The molecule has 0 saturated heterocycles. The summed E-state index contributed by atoms with van der Waals surface area (Å²) in [6.45, 7) is 0.408. The van der Waals surface area contributed by atoms with E-state index in [1.54, 1.807) is 6.08 Å². The smallest absolute Gasteiger partial charge is 0.337 e. The predicted molar refractivity (Wildman–Crippen MR) is 92.2 cm³/mol. The molecule has 2 N–H and O–H groups in total. The van der Waals surface area contributed by atoms with Gasteiger partial charge < -0.3 is 16.0 Å². The van der Waals surface area contributed by atoms with Crippen LogP contribution in [0.25, 0.3) is 16.3 Å². The van der Waals surface area contributed by atoms with Crippen molar-refractivity contribution >= 4 is 22.4 Å². The molecular formula is C19H17N3O2. The van der Waals surface area contributed by atoms with Gasteiger partial charge in [-0.05, 0) is 16.3 Å². The van der Waals surface area contributed by atoms with E-state index in [9.17, 15) is 4.79 Å². The quantitative estimate of drug-likeness (QED) is 0.678. The van der Waals surface area contributed by atoms with Gasteiger partial charge >= 0.3 is 5.71 Å². The van der Waals surface area contributed by atoms with Crippen LogP contribution >= 0.6 is 0 Å². The van der Waals surface area contributed by atoms with E-state index in [1.165, 1.54) is 22.4 Å². The molecule has 5 heteroatoms. The second-order valence-corrected chi connectivity index (χ2v) is 5.52. The van der Waals surface area contributed by atoms with Gasteiger partial charge in [-0.15, -0.1) is 0 Å². The highest BCUT2D eigenvalue weighted by atomic mass is 16.5. The standard InChI is InChI=1S/C19H17N3O2/c20-19(23)15-8-9-17(22-21)18(12-15)24-11-10-14-6-3-5-13-4-1-2-7-16(13)14/h1-8,12H,9-11H2,(H2,20,23). The van der Waals surface area contributed by atoms with Crippen molar-refractivity contribution in [2.24, 2.45) is 5.73 Å². The van der Waals surface area contributed by atoms with E-state index >= 15 is 0 Å². The van der Waals surface area contributed by atoms with Gasteiger partial charge in [-0.3, -0.25) is 4.79 Å². The molecular weight excluding hydrogens is 302 g/mol. The molecule has 24 heavy (non-hydrogen) atoms. The topological polar surface area (TPSA) is 88.7 Å². The number of nitrogens with zero attached hydrogens (tertiary/aromatic N) is 2. The molecule has 1 amide bonds. The van der Waals surface area contributed by atoms with Crippen molar-refractivity contribution in [2.75, 3.05) is 6.61 Å². The Bertz CT molecular complexity index is 900. The Morgan fingerprint density at radius 3 is 2.79 bits per heavy atom. The minimum Gasteiger partial charge on any atom is -0.486 e. The number of primary amides is 1. The number of hydrogen-bond donors (Lipinski definition) is 1. The number of carbonyl (C=O) groups excluding carboxylic acids is 1. The molecule has 2 aromatic rings. The van der Waals surface area contributed by atoms with Gasteiger partial charge in [0.2, 0.25) is 11.7 Å². The van der Waals surface area contributed by atoms with Crippen molar-refractivity contribution < 1.29 is 14.3 Å². The van der Waals surface area contributed by atoms with Gasteiger partial charge in [-0.25, -0.2) is 0 Å². The van der Waals surface area contributed by atoms with Crippen molar-refractivity contribution in [1.29, 1.82) is 0 Å². The van der Waals surface area contributed by atoms with Crippen LogP contribution in [0.1, 0.15) is 12.0 Å². The first-order chi connectivity index (χ1) is 11.7. The van der Waals surface area contributed by atoms with Gasteiger partial charge in [-0.2, -0.15) is 4.79 Å². The summed E-state index contributed by atoms with van der Waals surface area (Å²) in [5.74, 6) is -0.142. The van der Waals surface area contributed by atoms with Gasteiger partial charge in [0.1, 0.15) is 0 Å². The number of carbonyl (C=O) groups is 1. The Labute approximate surface area is 139 Å². The molecule has 0 radical (unpaired) electrons. The second-order valence-electron chi connectivity index (χ2n) is 5.52. The van der Waals surface area contributed by atoms with Gasteiger partial charge in [0.05, 0.1) is 13.0 Å². The molecule has 0 aromatic heterocycles. The van der Waals surface area contributed by atoms with Crippen LogP contribution in [0.2, 0.25) is 0 Å². The molecule has 5 nitrogen and oxygen atoms in total. The molecule has 0 aliphatic heterocycles. The number of rotatable bonds is 5. The summed E-state index contributed by atoms with van der Waals surface area (Å²) in [4.78, 5) is 14.5. The van der Waals surface area contributed by atoms with Crippen molar-refractivity contribution in [2.45, 2.75) is 12.8 Å². The second kappa shape index (κ2) is 6.94. The van der Waals surface area contributed by atoms with Crippen molar-refractivity contribution in [3.8, 4) is 0 Å². The first-order valence-electron chi connectivity index (χ1n) is 7.71. The highest BCUT2D eigenvalue weighted by molar-refractivity contribution is 6.03. The SMILES string of the molecule is [N-]=[N+]=C1CC=C(C(N)=O)C=C1OCCc1cccc2ccccc12. The molecule has 0 heterocycles. The summed E-state index contributed by atoms with van der Waals surface area (Å²) < 4.78 is 5.74. The lowest BCUT2D eigenvalue weighted by Gasteiger charge is -2.12. The molecule has 1 aliphatic carbocycles. The van der Waals surface area contributed by atoms with Crippen LogP contribution in [0.5, 0.6) is 0 Å². The largest absolute Gasteiger partial charge is 0.486 e. The Hall–Kier alpha value is -3.17. The van der Waals surface area contributed by atoms with Crippen LogP contribution < -0.4 is 5.73 Å². The number of benzene rings is 2. The van der Waals surface area contributed by atoms with E-state index in [1.807, 2.05) is 18.2 Å². The molecule has 0 spiro atoms. The van der Waals surface area contributed by atoms with E-state index in [4.69, 9.17) is 16.0 Å². The number of nitrogens with two attached hydrogens (primary N) is 1. The van der Waals surface area contributed by atoms with Gasteiger partial charge in [-0.1, -0.05) is 48.5 Å². The molecule has 0 fully saturated rings. The summed E-state index contributed by atoms with van der Waals surface area (Å²) in [6.07, 6.45) is 4.15. The number of allylic oxidation sites excluding steroid dienone is 2. The summed E-state index contributed by atoms with van der Waals surface area (Å²) in [5.41, 5.74) is 16.3. The van der Waals surface area contributed by atoms with Crippen LogP contribution in [-0.4, -0.2) is 23.0 Å². The third-order valence-electron chi connectivity index (χ3n) is 4.00. The average molecular weight is 319 g/mol. The zero-order valence-corrected chi connectivity index (χ0v) is 13.1. The molecule has 2 aromatic carbocycles. The summed E-state index contributed by atoms with van der Waals surface area (Å²) in [7, 11) is 0. The van der Waals surface area contributed by atoms with Crippen molar-refractivity contribution in [1.82, 2.24) is 0 Å². The number of ether oxygens (including phenoxy) is 1. The average Bonchev–Trinajstić information content (AvgIpc) is 2.61. The number of fused-ring (bicyclic) bond motifs is 1.